The Kier molecular flexibility index (Phi) is 3.33. The largest absolute Gasteiger partial charge is 0.330 e. The molecule has 0 spiro atoms. The Morgan fingerprint density at radius 2 is 1.95 bits per heavy atom. The van der Waals surface area contributed by atoms with E-state index in [1.807, 2.05) is 35.0 Å². The molecule has 0 radical (unpaired) electrons. The number of nitrogens with zero attached hydrogens (tertiary/aromatic N) is 2. The fraction of sp³-hybridized carbons (Fsp3) is 0.118. The van der Waals surface area contributed by atoms with Crippen molar-refractivity contribution < 1.29 is 4.39 Å². The Morgan fingerprint density at radius 1 is 1.10 bits per heavy atom. The van der Waals surface area contributed by atoms with Crippen LogP contribution in [0.4, 0.5) is 4.39 Å². The Labute approximate surface area is 117 Å². The van der Waals surface area contributed by atoms with Crippen molar-refractivity contribution in [3.05, 3.63) is 78.6 Å². The van der Waals surface area contributed by atoms with Gasteiger partial charge in [0, 0.05) is 12.4 Å². The monoisotopic (exact) mass is 266 g/mol. The van der Waals surface area contributed by atoms with Gasteiger partial charge in [0.25, 0.3) is 0 Å². The molecule has 0 amide bonds. The van der Waals surface area contributed by atoms with Crippen molar-refractivity contribution in [2.24, 2.45) is 0 Å². The molecular formula is C17H15FN2. The molecule has 0 aliphatic carbocycles. The molecule has 0 aliphatic heterocycles. The zero-order valence-corrected chi connectivity index (χ0v) is 11.2. The Morgan fingerprint density at radius 3 is 2.70 bits per heavy atom. The second-order valence-corrected chi connectivity index (χ2v) is 4.78. The van der Waals surface area contributed by atoms with E-state index in [0.717, 1.165) is 16.7 Å². The van der Waals surface area contributed by atoms with Crippen LogP contribution in [0.5, 0.6) is 0 Å². The number of aromatic nitrogens is 2. The third kappa shape index (κ3) is 2.35. The van der Waals surface area contributed by atoms with Crippen LogP contribution < -0.4 is 0 Å². The highest BCUT2D eigenvalue weighted by Crippen LogP contribution is 2.30. The molecule has 0 bridgehead atoms. The molecule has 1 aromatic heterocycles. The third-order valence-electron chi connectivity index (χ3n) is 3.52. The van der Waals surface area contributed by atoms with E-state index in [0.29, 0.717) is 0 Å². The molecule has 3 heteroatoms. The molecular weight excluding hydrogens is 251 g/mol. The summed E-state index contributed by atoms with van der Waals surface area (Å²) in [6.07, 6.45) is 5.50. The van der Waals surface area contributed by atoms with Gasteiger partial charge in [0.1, 0.15) is 5.82 Å². The van der Waals surface area contributed by atoms with Gasteiger partial charge in [-0.15, -0.1) is 0 Å². The Balaban J connectivity index is 2.09. The molecule has 100 valence electrons. The maximum Gasteiger partial charge on any atom is 0.123 e. The molecule has 0 aliphatic rings. The van der Waals surface area contributed by atoms with Gasteiger partial charge < -0.3 is 4.57 Å². The topological polar surface area (TPSA) is 17.8 Å². The molecule has 0 N–H and O–H groups in total. The highest BCUT2D eigenvalue weighted by atomic mass is 19.1. The smallest absolute Gasteiger partial charge is 0.123 e. The molecule has 0 saturated carbocycles. The summed E-state index contributed by atoms with van der Waals surface area (Å²) in [4.78, 5) is 4.09. The Bertz CT molecular complexity index is 705. The van der Waals surface area contributed by atoms with Crippen molar-refractivity contribution >= 4 is 0 Å². The highest BCUT2D eigenvalue weighted by Gasteiger charge is 2.13. The van der Waals surface area contributed by atoms with Gasteiger partial charge in [0.2, 0.25) is 0 Å². The van der Waals surface area contributed by atoms with Crippen LogP contribution in [0.2, 0.25) is 0 Å². The van der Waals surface area contributed by atoms with E-state index in [2.05, 4.69) is 18.0 Å². The SMILES string of the molecule is CC(c1ccccc1-c1cccc(F)c1)n1ccnc1. The summed E-state index contributed by atoms with van der Waals surface area (Å²) in [6.45, 7) is 2.11. The van der Waals surface area contributed by atoms with Gasteiger partial charge in [0.05, 0.1) is 12.4 Å². The fourth-order valence-electron chi connectivity index (χ4n) is 2.44. The van der Waals surface area contributed by atoms with Gasteiger partial charge >= 0.3 is 0 Å². The lowest BCUT2D eigenvalue weighted by Crippen LogP contribution is -2.05. The van der Waals surface area contributed by atoms with Gasteiger partial charge in [0.15, 0.2) is 0 Å². The minimum Gasteiger partial charge on any atom is -0.330 e. The molecule has 3 aromatic rings. The number of hydrogen-bond donors (Lipinski definition) is 0. The second kappa shape index (κ2) is 5.29. The molecule has 0 saturated heterocycles. The van der Waals surface area contributed by atoms with E-state index >= 15 is 0 Å². The fourth-order valence-corrected chi connectivity index (χ4v) is 2.44. The van der Waals surface area contributed by atoms with Crippen LogP contribution in [0.25, 0.3) is 11.1 Å². The van der Waals surface area contributed by atoms with Crippen LogP contribution in [0.15, 0.2) is 67.3 Å². The second-order valence-electron chi connectivity index (χ2n) is 4.78. The van der Waals surface area contributed by atoms with Crippen LogP contribution in [-0.4, -0.2) is 9.55 Å². The van der Waals surface area contributed by atoms with Gasteiger partial charge in [-0.2, -0.15) is 0 Å². The first-order valence-corrected chi connectivity index (χ1v) is 6.58. The molecule has 1 heterocycles. The predicted molar refractivity (Wildman–Crippen MR) is 77.9 cm³/mol. The van der Waals surface area contributed by atoms with Crippen molar-refractivity contribution in [2.45, 2.75) is 13.0 Å². The average Bonchev–Trinajstić information content (AvgIpc) is 3.01. The molecule has 2 aromatic carbocycles. The number of hydrogen-bond acceptors (Lipinski definition) is 1. The van der Waals surface area contributed by atoms with Crippen molar-refractivity contribution in [3.63, 3.8) is 0 Å². The van der Waals surface area contributed by atoms with Crippen molar-refractivity contribution in [1.82, 2.24) is 9.55 Å². The minimum absolute atomic E-state index is 0.150. The summed E-state index contributed by atoms with van der Waals surface area (Å²) in [5, 5.41) is 0. The number of imidazole rings is 1. The summed E-state index contributed by atoms with van der Waals surface area (Å²) in [6, 6.07) is 14.9. The minimum atomic E-state index is -0.215. The lowest BCUT2D eigenvalue weighted by molar-refractivity contribution is 0.627. The van der Waals surface area contributed by atoms with Gasteiger partial charge in [-0.3, -0.25) is 0 Å². The first-order valence-electron chi connectivity index (χ1n) is 6.58. The van der Waals surface area contributed by atoms with Gasteiger partial charge in [-0.1, -0.05) is 36.4 Å². The molecule has 1 unspecified atom stereocenters. The Hall–Kier alpha value is -2.42. The van der Waals surface area contributed by atoms with E-state index in [1.54, 1.807) is 24.7 Å². The molecule has 3 rings (SSSR count). The average molecular weight is 266 g/mol. The van der Waals surface area contributed by atoms with E-state index in [1.165, 1.54) is 6.07 Å². The highest BCUT2D eigenvalue weighted by molar-refractivity contribution is 5.68. The van der Waals surface area contributed by atoms with E-state index in [-0.39, 0.29) is 11.9 Å². The normalized spacial score (nSPS) is 12.3. The van der Waals surface area contributed by atoms with Crippen molar-refractivity contribution in [2.75, 3.05) is 0 Å². The zero-order valence-electron chi connectivity index (χ0n) is 11.2. The van der Waals surface area contributed by atoms with E-state index in [9.17, 15) is 4.39 Å². The van der Waals surface area contributed by atoms with Crippen LogP contribution in [0.3, 0.4) is 0 Å². The van der Waals surface area contributed by atoms with Crippen LogP contribution in [0, 0.1) is 5.82 Å². The van der Waals surface area contributed by atoms with Crippen LogP contribution >= 0.6 is 0 Å². The summed E-state index contributed by atoms with van der Waals surface area (Å²) in [5.41, 5.74) is 3.09. The van der Waals surface area contributed by atoms with Gasteiger partial charge in [-0.05, 0) is 35.7 Å². The van der Waals surface area contributed by atoms with Crippen molar-refractivity contribution in [3.8, 4) is 11.1 Å². The number of rotatable bonds is 3. The summed E-state index contributed by atoms with van der Waals surface area (Å²) < 4.78 is 15.5. The van der Waals surface area contributed by atoms with E-state index < -0.39 is 0 Å². The number of benzene rings is 2. The third-order valence-corrected chi connectivity index (χ3v) is 3.52. The molecule has 2 nitrogen and oxygen atoms in total. The van der Waals surface area contributed by atoms with Gasteiger partial charge in [-0.25, -0.2) is 9.37 Å². The first kappa shape index (κ1) is 12.6. The maximum absolute atomic E-state index is 13.4. The van der Waals surface area contributed by atoms with Crippen molar-refractivity contribution in [1.29, 1.82) is 0 Å². The summed E-state index contributed by atoms with van der Waals surface area (Å²) in [5.74, 6) is -0.215. The summed E-state index contributed by atoms with van der Waals surface area (Å²) >= 11 is 0. The predicted octanol–water partition coefficient (Wildman–Crippen LogP) is 4.30. The standard InChI is InChI=1S/C17H15FN2/c1-13(20-10-9-19-12-20)16-7-2-3-8-17(16)14-5-4-6-15(18)11-14/h2-13H,1H3. The number of halogens is 1. The zero-order chi connectivity index (χ0) is 13.9. The molecule has 0 fully saturated rings. The first-order chi connectivity index (χ1) is 9.75. The van der Waals surface area contributed by atoms with E-state index in [4.69, 9.17) is 0 Å². The van der Waals surface area contributed by atoms with Crippen LogP contribution in [-0.2, 0) is 0 Å². The lowest BCUT2D eigenvalue weighted by Gasteiger charge is -2.18. The molecule has 20 heavy (non-hydrogen) atoms. The lowest BCUT2D eigenvalue weighted by atomic mass is 9.95. The molecule has 1 atom stereocenters. The quantitative estimate of drug-likeness (QED) is 0.691. The maximum atomic E-state index is 13.4. The van der Waals surface area contributed by atoms with Crippen LogP contribution in [0.1, 0.15) is 18.5 Å². The summed E-state index contributed by atoms with van der Waals surface area (Å²) in [7, 11) is 0.